The average Bonchev–Trinajstić information content (AvgIpc) is 2.72. The molecule has 14 heavy (non-hydrogen) atoms. The summed E-state index contributed by atoms with van der Waals surface area (Å²) >= 11 is 0. The van der Waals surface area contributed by atoms with Gasteiger partial charge in [-0.2, -0.15) is 0 Å². The standard InChI is InChI=1S/C10H13N3O/c1-10-4-2-9(14)12(10)5-3-8-6-11-7-13(8)10/h6-7H,2-5H2,1H3. The monoisotopic (exact) mass is 191 g/mol. The molecule has 3 heterocycles. The van der Waals surface area contributed by atoms with Crippen LogP contribution in [-0.4, -0.2) is 26.9 Å². The van der Waals surface area contributed by atoms with Crippen molar-refractivity contribution in [3.63, 3.8) is 0 Å². The lowest BCUT2D eigenvalue weighted by molar-refractivity contribution is -0.134. The lowest BCUT2D eigenvalue weighted by Crippen LogP contribution is -2.50. The Kier molecular flexibility index (Phi) is 1.36. The van der Waals surface area contributed by atoms with Gasteiger partial charge in [-0.25, -0.2) is 4.98 Å². The van der Waals surface area contributed by atoms with Crippen molar-refractivity contribution >= 4 is 5.91 Å². The Balaban J connectivity index is 2.15. The summed E-state index contributed by atoms with van der Waals surface area (Å²) in [6, 6.07) is 0. The number of carbonyl (C=O) groups excluding carboxylic acids is 1. The second-order valence-corrected chi connectivity index (χ2v) is 4.27. The largest absolute Gasteiger partial charge is 0.319 e. The maximum atomic E-state index is 11.6. The number of rotatable bonds is 0. The van der Waals surface area contributed by atoms with Gasteiger partial charge in [-0.3, -0.25) is 4.79 Å². The van der Waals surface area contributed by atoms with Gasteiger partial charge in [0.2, 0.25) is 5.91 Å². The van der Waals surface area contributed by atoms with Crippen molar-refractivity contribution in [3.8, 4) is 0 Å². The number of aromatic nitrogens is 2. The third-order valence-corrected chi connectivity index (χ3v) is 3.52. The first kappa shape index (κ1) is 8.03. The van der Waals surface area contributed by atoms with Crippen molar-refractivity contribution in [1.29, 1.82) is 0 Å². The fourth-order valence-electron chi connectivity index (χ4n) is 2.67. The molecule has 4 nitrogen and oxygen atoms in total. The summed E-state index contributed by atoms with van der Waals surface area (Å²) in [5, 5.41) is 0. The van der Waals surface area contributed by atoms with Crippen LogP contribution in [-0.2, 0) is 16.9 Å². The normalized spacial score (nSPS) is 30.4. The van der Waals surface area contributed by atoms with Crippen LogP contribution in [0.1, 0.15) is 25.5 Å². The van der Waals surface area contributed by atoms with Crippen LogP contribution in [0.25, 0.3) is 0 Å². The van der Waals surface area contributed by atoms with Gasteiger partial charge in [0, 0.05) is 31.3 Å². The fraction of sp³-hybridized carbons (Fsp3) is 0.600. The van der Waals surface area contributed by atoms with Gasteiger partial charge < -0.3 is 9.47 Å². The van der Waals surface area contributed by atoms with Crippen molar-refractivity contribution < 1.29 is 4.79 Å². The Morgan fingerprint density at radius 1 is 1.50 bits per heavy atom. The Labute approximate surface area is 82.5 Å². The number of fused-ring (bicyclic) bond motifs is 3. The van der Waals surface area contributed by atoms with Crippen molar-refractivity contribution in [2.24, 2.45) is 0 Å². The molecular weight excluding hydrogens is 178 g/mol. The molecule has 0 radical (unpaired) electrons. The molecule has 0 N–H and O–H groups in total. The molecule has 0 aliphatic carbocycles. The van der Waals surface area contributed by atoms with Gasteiger partial charge in [-0.05, 0) is 13.3 Å². The van der Waals surface area contributed by atoms with E-state index in [-0.39, 0.29) is 11.6 Å². The Morgan fingerprint density at radius 3 is 3.21 bits per heavy atom. The van der Waals surface area contributed by atoms with E-state index in [2.05, 4.69) is 16.5 Å². The molecule has 2 aliphatic rings. The van der Waals surface area contributed by atoms with Gasteiger partial charge in [0.1, 0.15) is 5.66 Å². The van der Waals surface area contributed by atoms with E-state index < -0.39 is 0 Å². The second kappa shape index (κ2) is 2.38. The summed E-state index contributed by atoms with van der Waals surface area (Å²) in [6.45, 7) is 2.98. The molecule has 1 atom stereocenters. The predicted molar refractivity (Wildman–Crippen MR) is 50.5 cm³/mol. The highest BCUT2D eigenvalue weighted by molar-refractivity contribution is 5.79. The van der Waals surface area contributed by atoms with Crippen LogP contribution >= 0.6 is 0 Å². The van der Waals surface area contributed by atoms with E-state index in [0.29, 0.717) is 6.42 Å². The van der Waals surface area contributed by atoms with E-state index in [1.165, 1.54) is 5.69 Å². The molecule has 1 fully saturated rings. The van der Waals surface area contributed by atoms with Crippen molar-refractivity contribution in [1.82, 2.24) is 14.5 Å². The number of hydrogen-bond donors (Lipinski definition) is 0. The number of hydrogen-bond acceptors (Lipinski definition) is 2. The summed E-state index contributed by atoms with van der Waals surface area (Å²) in [4.78, 5) is 17.8. The highest BCUT2D eigenvalue weighted by atomic mass is 16.2. The number of nitrogens with zero attached hydrogens (tertiary/aromatic N) is 3. The minimum atomic E-state index is -0.138. The molecule has 1 amide bonds. The van der Waals surface area contributed by atoms with E-state index in [1.807, 2.05) is 17.4 Å². The Hall–Kier alpha value is -1.32. The van der Waals surface area contributed by atoms with Crippen LogP contribution in [0.15, 0.2) is 12.5 Å². The molecule has 1 aromatic rings. The summed E-state index contributed by atoms with van der Waals surface area (Å²) in [7, 11) is 0. The van der Waals surface area contributed by atoms with Gasteiger partial charge >= 0.3 is 0 Å². The Bertz CT molecular complexity index is 398. The van der Waals surface area contributed by atoms with Crippen molar-refractivity contribution in [2.45, 2.75) is 31.8 Å². The number of amides is 1. The van der Waals surface area contributed by atoms with E-state index in [1.54, 1.807) is 0 Å². The topological polar surface area (TPSA) is 38.1 Å². The lowest BCUT2D eigenvalue weighted by atomic mass is 10.1. The van der Waals surface area contributed by atoms with Crippen LogP contribution in [0.4, 0.5) is 0 Å². The molecule has 2 aliphatic heterocycles. The van der Waals surface area contributed by atoms with E-state index in [0.717, 1.165) is 19.4 Å². The molecule has 0 bridgehead atoms. The third kappa shape index (κ3) is 0.786. The average molecular weight is 191 g/mol. The van der Waals surface area contributed by atoms with Gasteiger partial charge in [0.25, 0.3) is 0 Å². The number of carbonyl (C=O) groups is 1. The first-order valence-electron chi connectivity index (χ1n) is 5.04. The van der Waals surface area contributed by atoms with Gasteiger partial charge in [-0.1, -0.05) is 0 Å². The van der Waals surface area contributed by atoms with Crippen LogP contribution in [0.5, 0.6) is 0 Å². The summed E-state index contributed by atoms with van der Waals surface area (Å²) in [5.41, 5.74) is 1.11. The highest BCUT2D eigenvalue weighted by Gasteiger charge is 2.45. The van der Waals surface area contributed by atoms with Crippen molar-refractivity contribution in [3.05, 3.63) is 18.2 Å². The first-order valence-corrected chi connectivity index (χ1v) is 5.04. The van der Waals surface area contributed by atoms with Crippen LogP contribution in [0.2, 0.25) is 0 Å². The fourth-order valence-corrected chi connectivity index (χ4v) is 2.67. The third-order valence-electron chi connectivity index (χ3n) is 3.52. The molecule has 3 rings (SSSR count). The smallest absolute Gasteiger partial charge is 0.224 e. The minimum Gasteiger partial charge on any atom is -0.319 e. The minimum absolute atomic E-state index is 0.138. The Morgan fingerprint density at radius 2 is 2.36 bits per heavy atom. The summed E-state index contributed by atoms with van der Waals surface area (Å²) < 4.78 is 2.15. The molecule has 74 valence electrons. The molecule has 0 aromatic carbocycles. The predicted octanol–water partition coefficient (Wildman–Crippen LogP) is 0.734. The van der Waals surface area contributed by atoms with Crippen LogP contribution < -0.4 is 0 Å². The van der Waals surface area contributed by atoms with Gasteiger partial charge in [0.05, 0.1) is 6.33 Å². The highest BCUT2D eigenvalue weighted by Crippen LogP contribution is 2.38. The SMILES string of the molecule is CC12CCC(=O)N1CCc1cncn12. The quantitative estimate of drug-likeness (QED) is 0.606. The summed E-state index contributed by atoms with van der Waals surface area (Å²) in [5.74, 6) is 0.284. The lowest BCUT2D eigenvalue weighted by Gasteiger charge is -2.41. The zero-order valence-electron chi connectivity index (χ0n) is 8.23. The molecule has 1 saturated heterocycles. The zero-order chi connectivity index (χ0) is 9.76. The zero-order valence-corrected chi connectivity index (χ0v) is 8.23. The molecule has 0 spiro atoms. The van der Waals surface area contributed by atoms with Gasteiger partial charge in [0.15, 0.2) is 0 Å². The van der Waals surface area contributed by atoms with Crippen molar-refractivity contribution in [2.75, 3.05) is 6.54 Å². The van der Waals surface area contributed by atoms with E-state index in [9.17, 15) is 4.79 Å². The van der Waals surface area contributed by atoms with Crippen LogP contribution in [0, 0.1) is 0 Å². The number of imidazole rings is 1. The molecule has 1 unspecified atom stereocenters. The van der Waals surface area contributed by atoms with Crippen LogP contribution in [0.3, 0.4) is 0 Å². The van der Waals surface area contributed by atoms with E-state index in [4.69, 9.17) is 0 Å². The molecule has 0 saturated carbocycles. The second-order valence-electron chi connectivity index (χ2n) is 4.27. The first-order chi connectivity index (χ1) is 6.72. The van der Waals surface area contributed by atoms with E-state index >= 15 is 0 Å². The molecule has 1 aromatic heterocycles. The molecule has 4 heteroatoms. The molecular formula is C10H13N3O. The maximum absolute atomic E-state index is 11.6. The van der Waals surface area contributed by atoms with Gasteiger partial charge in [-0.15, -0.1) is 0 Å². The summed E-state index contributed by atoms with van der Waals surface area (Å²) in [6.07, 6.45) is 6.27. The maximum Gasteiger partial charge on any atom is 0.224 e.